The summed E-state index contributed by atoms with van der Waals surface area (Å²) in [4.78, 5) is 24.0. The maximum absolute atomic E-state index is 12.7. The van der Waals surface area contributed by atoms with Crippen LogP contribution < -0.4 is 5.56 Å². The van der Waals surface area contributed by atoms with Gasteiger partial charge in [-0.15, -0.1) is 0 Å². The molecular weight excluding hydrogens is 330 g/mol. The normalized spacial score (nSPS) is 17.6. The third-order valence-electron chi connectivity index (χ3n) is 5.26. The Labute approximate surface area is 151 Å². The molecule has 3 heterocycles. The zero-order valence-electron chi connectivity index (χ0n) is 15.1. The number of piperidine rings is 1. The monoisotopic (exact) mass is 353 g/mol. The topological polar surface area (TPSA) is 77.1 Å². The van der Waals surface area contributed by atoms with E-state index in [1.807, 2.05) is 25.1 Å². The third kappa shape index (κ3) is 3.26. The summed E-state index contributed by atoms with van der Waals surface area (Å²) < 4.78 is 7.00. The number of aromatic nitrogens is 4. The first-order chi connectivity index (χ1) is 12.6. The molecule has 1 aliphatic rings. The number of hydrogen-bond acceptors (Lipinski definition) is 6. The van der Waals surface area contributed by atoms with Crippen molar-refractivity contribution in [2.24, 2.45) is 5.92 Å². The molecule has 0 spiro atoms. The Balaban J connectivity index is 1.54. The molecule has 0 radical (unpaired) electrons. The van der Waals surface area contributed by atoms with Crippen molar-refractivity contribution in [3.63, 3.8) is 0 Å². The van der Waals surface area contributed by atoms with Gasteiger partial charge in [0.2, 0.25) is 5.89 Å². The zero-order valence-corrected chi connectivity index (χ0v) is 15.1. The van der Waals surface area contributed by atoms with Crippen LogP contribution in [0.2, 0.25) is 0 Å². The summed E-state index contributed by atoms with van der Waals surface area (Å²) in [6, 6.07) is 6.98. The molecule has 0 amide bonds. The largest absolute Gasteiger partial charge is 0.337 e. The molecule has 0 aliphatic carbocycles. The van der Waals surface area contributed by atoms with E-state index in [0.29, 0.717) is 22.7 Å². The number of rotatable bonds is 4. The Hall–Kier alpha value is -2.54. The molecule has 0 bridgehead atoms. The number of likely N-dealkylation sites (tertiary alicyclic amines) is 1. The molecule has 136 valence electrons. The number of benzene rings is 1. The minimum absolute atomic E-state index is 0.0989. The Morgan fingerprint density at radius 3 is 2.85 bits per heavy atom. The van der Waals surface area contributed by atoms with Gasteiger partial charge in [-0.3, -0.25) is 9.36 Å². The molecule has 1 fully saturated rings. The predicted octanol–water partition coefficient (Wildman–Crippen LogP) is 2.27. The highest BCUT2D eigenvalue weighted by Crippen LogP contribution is 2.21. The van der Waals surface area contributed by atoms with Crippen LogP contribution >= 0.6 is 0 Å². The molecule has 3 aromatic rings. The molecule has 0 unspecified atom stereocenters. The first-order valence-electron chi connectivity index (χ1n) is 9.08. The van der Waals surface area contributed by atoms with Crippen LogP contribution in [0.15, 0.2) is 39.9 Å². The average Bonchev–Trinajstić information content (AvgIpc) is 3.12. The van der Waals surface area contributed by atoms with Crippen LogP contribution in [0.3, 0.4) is 0 Å². The van der Waals surface area contributed by atoms with Gasteiger partial charge in [0.05, 0.1) is 17.2 Å². The van der Waals surface area contributed by atoms with Gasteiger partial charge >= 0.3 is 0 Å². The summed E-state index contributed by atoms with van der Waals surface area (Å²) in [5, 5.41) is 4.72. The van der Waals surface area contributed by atoms with Crippen LogP contribution in [0.1, 0.15) is 37.5 Å². The Bertz CT molecular complexity index is 956. The molecule has 7 nitrogen and oxygen atoms in total. The molecule has 4 rings (SSSR count). The average molecular weight is 353 g/mol. The van der Waals surface area contributed by atoms with Crippen molar-refractivity contribution in [3.05, 3.63) is 52.7 Å². The summed E-state index contributed by atoms with van der Waals surface area (Å²) in [5.41, 5.74) is 0.590. The van der Waals surface area contributed by atoms with E-state index in [1.165, 1.54) is 0 Å². The van der Waals surface area contributed by atoms with Crippen molar-refractivity contribution in [2.45, 2.75) is 32.2 Å². The predicted molar refractivity (Wildman–Crippen MR) is 98.0 cm³/mol. The lowest BCUT2D eigenvalue weighted by molar-refractivity contribution is 0.216. The maximum Gasteiger partial charge on any atom is 0.261 e. The maximum atomic E-state index is 12.7. The fourth-order valence-electron chi connectivity index (χ4n) is 3.52. The first kappa shape index (κ1) is 16.9. The molecule has 0 N–H and O–H groups in total. The zero-order chi connectivity index (χ0) is 18.1. The molecule has 26 heavy (non-hydrogen) atoms. The van der Waals surface area contributed by atoms with E-state index in [2.05, 4.69) is 27.1 Å². The standard InChI is InChI=1S/C19H23N5O2/c1-13(24-12-20-16-6-4-3-5-15(16)19(24)25)18-21-17(22-26-18)11-14-7-9-23(2)10-8-14/h3-6,12-14H,7-11H2,1-2H3/t13-/m1/s1. The summed E-state index contributed by atoms with van der Waals surface area (Å²) in [7, 11) is 2.15. The lowest BCUT2D eigenvalue weighted by Crippen LogP contribution is -2.31. The van der Waals surface area contributed by atoms with E-state index in [-0.39, 0.29) is 11.6 Å². The van der Waals surface area contributed by atoms with Crippen molar-refractivity contribution in [2.75, 3.05) is 20.1 Å². The third-order valence-corrected chi connectivity index (χ3v) is 5.26. The summed E-state index contributed by atoms with van der Waals surface area (Å²) in [5.74, 6) is 1.77. The van der Waals surface area contributed by atoms with E-state index < -0.39 is 0 Å². The Morgan fingerprint density at radius 1 is 1.27 bits per heavy atom. The lowest BCUT2D eigenvalue weighted by Gasteiger charge is -2.28. The van der Waals surface area contributed by atoms with Gasteiger partial charge in [-0.05, 0) is 58.0 Å². The number of nitrogens with zero attached hydrogens (tertiary/aromatic N) is 5. The summed E-state index contributed by atoms with van der Waals surface area (Å²) >= 11 is 0. The van der Waals surface area contributed by atoms with Crippen LogP contribution in [0.5, 0.6) is 0 Å². The second-order valence-electron chi connectivity index (χ2n) is 7.15. The van der Waals surface area contributed by atoms with Crippen molar-refractivity contribution in [1.82, 2.24) is 24.6 Å². The minimum Gasteiger partial charge on any atom is -0.337 e. The number of hydrogen-bond donors (Lipinski definition) is 0. The second-order valence-corrected chi connectivity index (χ2v) is 7.15. The molecule has 0 saturated carbocycles. The van der Waals surface area contributed by atoms with Gasteiger partial charge in [-0.25, -0.2) is 4.98 Å². The van der Waals surface area contributed by atoms with Gasteiger partial charge in [-0.2, -0.15) is 4.98 Å². The van der Waals surface area contributed by atoms with Gasteiger partial charge in [0.25, 0.3) is 5.56 Å². The fourth-order valence-corrected chi connectivity index (χ4v) is 3.52. The van der Waals surface area contributed by atoms with Gasteiger partial charge < -0.3 is 9.42 Å². The minimum atomic E-state index is -0.349. The van der Waals surface area contributed by atoms with Crippen LogP contribution in [0.4, 0.5) is 0 Å². The molecule has 2 aromatic heterocycles. The van der Waals surface area contributed by atoms with Crippen molar-refractivity contribution >= 4 is 10.9 Å². The van der Waals surface area contributed by atoms with Crippen LogP contribution in [-0.4, -0.2) is 44.7 Å². The molecule has 1 saturated heterocycles. The second kappa shape index (κ2) is 6.99. The number of para-hydroxylation sites is 1. The highest BCUT2D eigenvalue weighted by atomic mass is 16.5. The van der Waals surface area contributed by atoms with Gasteiger partial charge in [-0.1, -0.05) is 17.3 Å². The van der Waals surface area contributed by atoms with Crippen molar-refractivity contribution in [1.29, 1.82) is 0 Å². The molecule has 1 aliphatic heterocycles. The Kier molecular flexibility index (Phi) is 4.55. The highest BCUT2D eigenvalue weighted by molar-refractivity contribution is 5.76. The summed E-state index contributed by atoms with van der Waals surface area (Å²) in [6.07, 6.45) is 4.69. The van der Waals surface area contributed by atoms with E-state index in [4.69, 9.17) is 4.52 Å². The lowest BCUT2D eigenvalue weighted by atomic mass is 9.94. The van der Waals surface area contributed by atoms with Gasteiger partial charge in [0.1, 0.15) is 6.04 Å². The molecule has 1 atom stereocenters. The molecule has 1 aromatic carbocycles. The smallest absolute Gasteiger partial charge is 0.261 e. The fraction of sp³-hybridized carbons (Fsp3) is 0.474. The van der Waals surface area contributed by atoms with E-state index >= 15 is 0 Å². The number of fused-ring (bicyclic) bond motifs is 1. The quantitative estimate of drug-likeness (QED) is 0.716. The van der Waals surface area contributed by atoms with E-state index in [1.54, 1.807) is 17.0 Å². The van der Waals surface area contributed by atoms with Crippen LogP contribution in [0, 0.1) is 5.92 Å². The molecular formula is C19H23N5O2. The highest BCUT2D eigenvalue weighted by Gasteiger charge is 2.22. The molecule has 7 heteroatoms. The summed E-state index contributed by atoms with van der Waals surface area (Å²) in [6.45, 7) is 4.11. The van der Waals surface area contributed by atoms with Gasteiger partial charge in [0, 0.05) is 6.42 Å². The van der Waals surface area contributed by atoms with E-state index in [0.717, 1.165) is 38.2 Å². The van der Waals surface area contributed by atoms with Gasteiger partial charge in [0.15, 0.2) is 5.82 Å². The SMILES string of the molecule is C[C@H](c1nc(CC2CCN(C)CC2)no1)n1cnc2ccccc2c1=O. The van der Waals surface area contributed by atoms with Crippen LogP contribution in [-0.2, 0) is 6.42 Å². The van der Waals surface area contributed by atoms with E-state index in [9.17, 15) is 4.79 Å². The van der Waals surface area contributed by atoms with Crippen LogP contribution in [0.25, 0.3) is 10.9 Å². The van der Waals surface area contributed by atoms with Crippen molar-refractivity contribution in [3.8, 4) is 0 Å². The van der Waals surface area contributed by atoms with Crippen molar-refractivity contribution < 1.29 is 4.52 Å². The Morgan fingerprint density at radius 2 is 2.04 bits per heavy atom. The first-order valence-corrected chi connectivity index (χ1v) is 9.08.